The van der Waals surface area contributed by atoms with Crippen molar-refractivity contribution in [2.24, 2.45) is 4.99 Å². The molecule has 1 aliphatic heterocycles. The van der Waals surface area contributed by atoms with Crippen molar-refractivity contribution in [2.75, 3.05) is 26.7 Å². The van der Waals surface area contributed by atoms with Crippen LogP contribution in [0.2, 0.25) is 0 Å². The Hall–Kier alpha value is -1.63. The van der Waals surface area contributed by atoms with Gasteiger partial charge in [-0.25, -0.2) is 4.98 Å². The number of rotatable bonds is 5. The molecule has 1 saturated heterocycles. The lowest BCUT2D eigenvalue weighted by molar-refractivity contribution is 0.321. The van der Waals surface area contributed by atoms with E-state index in [0.29, 0.717) is 6.04 Å². The number of guanidine groups is 1. The smallest absolute Gasteiger partial charge is 0.191 e. The van der Waals surface area contributed by atoms with Gasteiger partial charge in [-0.05, 0) is 19.3 Å². The SMILES string of the molecule is CN=C(NCCn1cncn1)NC1CCN(C2CC2)C1. The fourth-order valence-electron chi connectivity index (χ4n) is 2.70. The van der Waals surface area contributed by atoms with E-state index in [1.807, 2.05) is 11.7 Å². The Morgan fingerprint density at radius 3 is 3.00 bits per heavy atom. The molecule has 0 bridgehead atoms. The van der Waals surface area contributed by atoms with Crippen LogP contribution in [0.15, 0.2) is 17.6 Å². The Bertz CT molecular complexity index is 438. The monoisotopic (exact) mass is 277 g/mol. The van der Waals surface area contributed by atoms with Gasteiger partial charge in [-0.2, -0.15) is 5.10 Å². The zero-order chi connectivity index (χ0) is 13.8. The Morgan fingerprint density at radius 1 is 1.40 bits per heavy atom. The molecular formula is C13H23N7. The molecule has 1 aliphatic carbocycles. The van der Waals surface area contributed by atoms with Gasteiger partial charge in [0.2, 0.25) is 0 Å². The number of aromatic nitrogens is 3. The molecule has 1 aromatic heterocycles. The van der Waals surface area contributed by atoms with Gasteiger partial charge in [-0.3, -0.25) is 14.6 Å². The van der Waals surface area contributed by atoms with E-state index < -0.39 is 0 Å². The van der Waals surface area contributed by atoms with Crippen molar-refractivity contribution in [2.45, 2.75) is 37.9 Å². The van der Waals surface area contributed by atoms with Gasteiger partial charge in [0, 0.05) is 38.8 Å². The van der Waals surface area contributed by atoms with Crippen LogP contribution in [0.25, 0.3) is 0 Å². The molecule has 2 N–H and O–H groups in total. The highest BCUT2D eigenvalue weighted by atomic mass is 15.3. The van der Waals surface area contributed by atoms with Gasteiger partial charge < -0.3 is 10.6 Å². The Labute approximate surface area is 119 Å². The topological polar surface area (TPSA) is 70.4 Å². The molecule has 1 aromatic rings. The molecule has 1 unspecified atom stereocenters. The van der Waals surface area contributed by atoms with Crippen molar-refractivity contribution < 1.29 is 0 Å². The molecule has 7 heteroatoms. The third-order valence-electron chi connectivity index (χ3n) is 3.95. The number of nitrogens with one attached hydrogen (secondary N) is 2. The summed E-state index contributed by atoms with van der Waals surface area (Å²) in [6, 6.07) is 1.39. The standard InChI is InChI=1S/C13H23N7/c1-14-13(16-5-7-20-10-15-9-17-20)18-11-4-6-19(8-11)12-2-3-12/h9-12H,2-8H2,1H3,(H2,14,16,18). The lowest BCUT2D eigenvalue weighted by Gasteiger charge is -2.18. The maximum absolute atomic E-state index is 4.29. The number of nitrogens with zero attached hydrogens (tertiary/aromatic N) is 5. The third-order valence-corrected chi connectivity index (χ3v) is 3.95. The minimum atomic E-state index is 0.521. The summed E-state index contributed by atoms with van der Waals surface area (Å²) in [7, 11) is 1.82. The van der Waals surface area contributed by atoms with Gasteiger partial charge in [0.05, 0.1) is 6.54 Å². The first-order chi connectivity index (χ1) is 9.85. The van der Waals surface area contributed by atoms with Crippen LogP contribution >= 0.6 is 0 Å². The van der Waals surface area contributed by atoms with E-state index in [1.165, 1.54) is 25.8 Å². The molecule has 1 saturated carbocycles. The summed E-state index contributed by atoms with van der Waals surface area (Å²) in [5.41, 5.74) is 0. The molecule has 110 valence electrons. The first-order valence-electron chi connectivity index (χ1n) is 7.39. The Morgan fingerprint density at radius 2 is 2.30 bits per heavy atom. The fourth-order valence-corrected chi connectivity index (χ4v) is 2.70. The summed E-state index contributed by atoms with van der Waals surface area (Å²) in [6.07, 6.45) is 7.26. The average Bonchev–Trinajstić information content (AvgIpc) is 2.99. The van der Waals surface area contributed by atoms with Crippen molar-refractivity contribution in [3.05, 3.63) is 12.7 Å². The quantitative estimate of drug-likeness (QED) is 0.570. The Kier molecular flexibility index (Phi) is 4.15. The maximum atomic E-state index is 4.29. The van der Waals surface area contributed by atoms with Crippen LogP contribution in [0.4, 0.5) is 0 Å². The minimum absolute atomic E-state index is 0.521. The third kappa shape index (κ3) is 3.47. The summed E-state index contributed by atoms with van der Waals surface area (Å²) in [6.45, 7) is 3.95. The highest BCUT2D eigenvalue weighted by molar-refractivity contribution is 5.79. The van der Waals surface area contributed by atoms with Crippen molar-refractivity contribution in [3.63, 3.8) is 0 Å². The van der Waals surface area contributed by atoms with Crippen LogP contribution in [-0.2, 0) is 6.54 Å². The second kappa shape index (κ2) is 6.21. The van der Waals surface area contributed by atoms with E-state index in [1.54, 1.807) is 12.7 Å². The van der Waals surface area contributed by atoms with Crippen molar-refractivity contribution in [3.8, 4) is 0 Å². The largest absolute Gasteiger partial charge is 0.355 e. The van der Waals surface area contributed by atoms with E-state index in [0.717, 1.165) is 31.6 Å². The lowest BCUT2D eigenvalue weighted by atomic mass is 10.3. The zero-order valence-electron chi connectivity index (χ0n) is 12.0. The van der Waals surface area contributed by atoms with E-state index >= 15 is 0 Å². The predicted molar refractivity (Wildman–Crippen MR) is 77.5 cm³/mol. The van der Waals surface area contributed by atoms with E-state index in [9.17, 15) is 0 Å². The van der Waals surface area contributed by atoms with E-state index in [4.69, 9.17) is 0 Å². The summed E-state index contributed by atoms with van der Waals surface area (Å²) in [4.78, 5) is 10.8. The predicted octanol–water partition coefficient (Wildman–Crippen LogP) is -0.320. The van der Waals surface area contributed by atoms with Gasteiger partial charge >= 0.3 is 0 Å². The first kappa shape index (κ1) is 13.4. The number of likely N-dealkylation sites (tertiary alicyclic amines) is 1. The second-order valence-electron chi connectivity index (χ2n) is 5.51. The molecule has 3 rings (SSSR count). The molecule has 2 aliphatic rings. The van der Waals surface area contributed by atoms with Crippen LogP contribution in [0.1, 0.15) is 19.3 Å². The van der Waals surface area contributed by atoms with Crippen molar-refractivity contribution >= 4 is 5.96 Å². The minimum Gasteiger partial charge on any atom is -0.355 e. The zero-order valence-corrected chi connectivity index (χ0v) is 12.0. The molecular weight excluding hydrogens is 254 g/mol. The summed E-state index contributed by atoms with van der Waals surface area (Å²) in [5, 5.41) is 10.9. The van der Waals surface area contributed by atoms with Crippen LogP contribution in [0, 0.1) is 0 Å². The second-order valence-corrected chi connectivity index (χ2v) is 5.51. The molecule has 20 heavy (non-hydrogen) atoms. The number of hydrogen-bond acceptors (Lipinski definition) is 4. The maximum Gasteiger partial charge on any atom is 0.191 e. The number of hydrogen-bond donors (Lipinski definition) is 2. The van der Waals surface area contributed by atoms with E-state index in [-0.39, 0.29) is 0 Å². The fraction of sp³-hybridized carbons (Fsp3) is 0.769. The molecule has 2 heterocycles. The molecule has 0 aromatic carbocycles. The molecule has 0 amide bonds. The molecule has 1 atom stereocenters. The van der Waals surface area contributed by atoms with Gasteiger partial charge in [0.25, 0.3) is 0 Å². The highest BCUT2D eigenvalue weighted by Gasteiger charge is 2.34. The normalized spacial score (nSPS) is 24.1. The van der Waals surface area contributed by atoms with Crippen LogP contribution in [0.5, 0.6) is 0 Å². The molecule has 2 fully saturated rings. The van der Waals surface area contributed by atoms with E-state index in [2.05, 4.69) is 30.6 Å². The van der Waals surface area contributed by atoms with Gasteiger partial charge in [-0.15, -0.1) is 0 Å². The summed E-state index contributed by atoms with van der Waals surface area (Å²) < 4.78 is 1.81. The average molecular weight is 277 g/mol. The van der Waals surface area contributed by atoms with Gasteiger partial charge in [0.15, 0.2) is 5.96 Å². The van der Waals surface area contributed by atoms with Crippen LogP contribution < -0.4 is 10.6 Å². The van der Waals surface area contributed by atoms with Crippen molar-refractivity contribution in [1.82, 2.24) is 30.3 Å². The number of aliphatic imine (C=N–C) groups is 1. The molecule has 0 spiro atoms. The molecule has 7 nitrogen and oxygen atoms in total. The highest BCUT2D eigenvalue weighted by Crippen LogP contribution is 2.29. The van der Waals surface area contributed by atoms with Gasteiger partial charge in [0.1, 0.15) is 12.7 Å². The van der Waals surface area contributed by atoms with Crippen molar-refractivity contribution in [1.29, 1.82) is 0 Å². The van der Waals surface area contributed by atoms with Gasteiger partial charge in [-0.1, -0.05) is 0 Å². The summed E-state index contributed by atoms with van der Waals surface area (Å²) >= 11 is 0. The Balaban J connectivity index is 1.38. The van der Waals surface area contributed by atoms with Crippen LogP contribution in [-0.4, -0.2) is 64.4 Å². The first-order valence-corrected chi connectivity index (χ1v) is 7.39. The van der Waals surface area contributed by atoms with Crippen LogP contribution in [0.3, 0.4) is 0 Å². The summed E-state index contributed by atoms with van der Waals surface area (Å²) in [5.74, 6) is 0.882. The lowest BCUT2D eigenvalue weighted by Crippen LogP contribution is -2.45. The molecule has 0 radical (unpaired) electrons.